The van der Waals surface area contributed by atoms with Gasteiger partial charge in [0, 0.05) is 19.3 Å². The third kappa shape index (κ3) is 8.72. The van der Waals surface area contributed by atoms with E-state index in [1.165, 1.54) is 12.3 Å². The summed E-state index contributed by atoms with van der Waals surface area (Å²) in [5.74, 6) is 0.502. The number of halogens is 1. The van der Waals surface area contributed by atoms with E-state index in [-0.39, 0.29) is 23.6 Å². The van der Waals surface area contributed by atoms with Gasteiger partial charge in [-0.25, -0.2) is 12.8 Å². The van der Waals surface area contributed by atoms with E-state index in [0.29, 0.717) is 25.3 Å². The Bertz CT molecular complexity index is 665. The molecule has 6 nitrogen and oxygen atoms in total. The van der Waals surface area contributed by atoms with Crippen LogP contribution in [-0.4, -0.2) is 52.1 Å². The molecular formula is C17H28FN3O3S. The topological polar surface area (TPSA) is 79.8 Å². The summed E-state index contributed by atoms with van der Waals surface area (Å²) in [6.07, 6.45) is 2.19. The molecular weight excluding hydrogens is 345 g/mol. The van der Waals surface area contributed by atoms with E-state index in [2.05, 4.69) is 15.6 Å². The second-order valence-electron chi connectivity index (χ2n) is 6.00. The standard InChI is InChI=1S/C17H28FN3O3S/c1-5-14(24-16-9-7-6-8-15(16)18)12-20-17(19-3)21-13(2)10-11-25(4,22)23/h6-9,13-14H,5,10-12H2,1-4H3,(H2,19,20,21). The molecule has 0 spiro atoms. The Morgan fingerprint density at radius 1 is 1.36 bits per heavy atom. The van der Waals surface area contributed by atoms with E-state index >= 15 is 0 Å². The van der Waals surface area contributed by atoms with Crippen molar-refractivity contribution in [1.29, 1.82) is 0 Å². The zero-order chi connectivity index (χ0) is 18.9. The van der Waals surface area contributed by atoms with Gasteiger partial charge in [0.2, 0.25) is 0 Å². The van der Waals surface area contributed by atoms with Crippen molar-refractivity contribution in [3.63, 3.8) is 0 Å². The van der Waals surface area contributed by atoms with E-state index in [1.54, 1.807) is 25.2 Å². The van der Waals surface area contributed by atoms with Crippen molar-refractivity contribution in [2.24, 2.45) is 4.99 Å². The summed E-state index contributed by atoms with van der Waals surface area (Å²) in [5.41, 5.74) is 0. The van der Waals surface area contributed by atoms with Crippen LogP contribution in [0.4, 0.5) is 4.39 Å². The lowest BCUT2D eigenvalue weighted by Crippen LogP contribution is -2.46. The van der Waals surface area contributed by atoms with Gasteiger partial charge in [0.1, 0.15) is 15.9 Å². The summed E-state index contributed by atoms with van der Waals surface area (Å²) in [5, 5.41) is 6.27. The average molecular weight is 373 g/mol. The summed E-state index contributed by atoms with van der Waals surface area (Å²) in [6, 6.07) is 6.25. The zero-order valence-corrected chi connectivity index (χ0v) is 16.1. The lowest BCUT2D eigenvalue weighted by Gasteiger charge is -2.22. The molecule has 1 aromatic carbocycles. The normalized spacial score (nSPS) is 14.7. The number of hydrogen-bond acceptors (Lipinski definition) is 4. The molecule has 2 atom stereocenters. The molecule has 25 heavy (non-hydrogen) atoms. The summed E-state index contributed by atoms with van der Waals surface area (Å²) in [6.45, 7) is 4.30. The Labute approximate surface area is 149 Å². The molecule has 0 radical (unpaired) electrons. The number of guanidine groups is 1. The van der Waals surface area contributed by atoms with Crippen molar-refractivity contribution >= 4 is 15.8 Å². The van der Waals surface area contributed by atoms with Gasteiger partial charge in [-0.2, -0.15) is 0 Å². The third-order valence-corrected chi connectivity index (χ3v) is 4.59. The predicted octanol–water partition coefficient (Wildman–Crippen LogP) is 1.97. The molecule has 0 fully saturated rings. The van der Waals surface area contributed by atoms with Crippen LogP contribution in [0.3, 0.4) is 0 Å². The van der Waals surface area contributed by atoms with Gasteiger partial charge < -0.3 is 15.4 Å². The first kappa shape index (κ1) is 21.2. The molecule has 1 aromatic rings. The maximum absolute atomic E-state index is 13.7. The molecule has 0 aliphatic heterocycles. The molecule has 0 bridgehead atoms. The minimum absolute atomic E-state index is 0.0477. The van der Waals surface area contributed by atoms with E-state index < -0.39 is 15.7 Å². The van der Waals surface area contributed by atoms with Crippen LogP contribution in [0.2, 0.25) is 0 Å². The van der Waals surface area contributed by atoms with Crippen LogP contribution in [0.15, 0.2) is 29.3 Å². The second-order valence-corrected chi connectivity index (χ2v) is 8.26. The Hall–Kier alpha value is -1.83. The van der Waals surface area contributed by atoms with Gasteiger partial charge in [0.25, 0.3) is 0 Å². The number of para-hydroxylation sites is 1. The fraction of sp³-hybridized carbons (Fsp3) is 0.588. The molecule has 0 aliphatic carbocycles. The Kier molecular flexibility index (Phi) is 8.68. The van der Waals surface area contributed by atoms with Crippen molar-refractivity contribution in [2.45, 2.75) is 38.8 Å². The van der Waals surface area contributed by atoms with Crippen LogP contribution in [0.25, 0.3) is 0 Å². The van der Waals surface area contributed by atoms with Crippen molar-refractivity contribution < 1.29 is 17.5 Å². The minimum atomic E-state index is -2.99. The number of aliphatic imine (C=N–C) groups is 1. The molecule has 0 aromatic heterocycles. The maximum atomic E-state index is 13.7. The predicted molar refractivity (Wildman–Crippen MR) is 99.4 cm³/mol. The van der Waals surface area contributed by atoms with Gasteiger partial charge in [0.05, 0.1) is 12.3 Å². The molecule has 0 heterocycles. The molecule has 0 amide bonds. The monoisotopic (exact) mass is 373 g/mol. The molecule has 0 saturated heterocycles. The quantitative estimate of drug-likeness (QED) is 0.511. The van der Waals surface area contributed by atoms with E-state index in [1.807, 2.05) is 13.8 Å². The summed E-state index contributed by atoms with van der Waals surface area (Å²) >= 11 is 0. The van der Waals surface area contributed by atoms with Crippen LogP contribution in [-0.2, 0) is 9.84 Å². The van der Waals surface area contributed by atoms with Gasteiger partial charge >= 0.3 is 0 Å². The highest BCUT2D eigenvalue weighted by Crippen LogP contribution is 2.17. The van der Waals surface area contributed by atoms with E-state index in [9.17, 15) is 12.8 Å². The fourth-order valence-corrected chi connectivity index (χ4v) is 2.87. The number of nitrogens with one attached hydrogen (secondary N) is 2. The lowest BCUT2D eigenvalue weighted by atomic mass is 10.2. The van der Waals surface area contributed by atoms with Crippen LogP contribution >= 0.6 is 0 Å². The van der Waals surface area contributed by atoms with Crippen molar-refractivity contribution in [1.82, 2.24) is 10.6 Å². The van der Waals surface area contributed by atoms with Crippen LogP contribution in [0, 0.1) is 5.82 Å². The number of hydrogen-bond donors (Lipinski definition) is 2. The third-order valence-electron chi connectivity index (χ3n) is 3.61. The Balaban J connectivity index is 2.50. The molecule has 2 N–H and O–H groups in total. The van der Waals surface area contributed by atoms with Gasteiger partial charge in [-0.1, -0.05) is 19.1 Å². The van der Waals surface area contributed by atoms with Gasteiger partial charge in [-0.05, 0) is 31.9 Å². The SMILES string of the molecule is CCC(CNC(=NC)NC(C)CCS(C)(=O)=O)Oc1ccccc1F. The summed E-state index contributed by atoms with van der Waals surface area (Å²) < 4.78 is 41.8. The lowest BCUT2D eigenvalue weighted by molar-refractivity contribution is 0.191. The highest BCUT2D eigenvalue weighted by molar-refractivity contribution is 7.90. The number of sulfone groups is 1. The molecule has 142 valence electrons. The fourth-order valence-electron chi connectivity index (χ4n) is 2.09. The van der Waals surface area contributed by atoms with Gasteiger partial charge in [-0.3, -0.25) is 4.99 Å². The first-order valence-corrected chi connectivity index (χ1v) is 10.4. The number of ether oxygens (including phenoxy) is 1. The first-order chi connectivity index (χ1) is 11.7. The molecule has 1 rings (SSSR count). The summed E-state index contributed by atoms with van der Waals surface area (Å²) in [4.78, 5) is 4.12. The Morgan fingerprint density at radius 3 is 2.60 bits per heavy atom. The van der Waals surface area contributed by atoms with Crippen molar-refractivity contribution in [2.75, 3.05) is 25.6 Å². The Morgan fingerprint density at radius 2 is 2.04 bits per heavy atom. The largest absolute Gasteiger partial charge is 0.486 e. The molecule has 8 heteroatoms. The number of benzene rings is 1. The number of nitrogens with zero attached hydrogens (tertiary/aromatic N) is 1. The minimum Gasteiger partial charge on any atom is -0.486 e. The number of rotatable bonds is 9. The molecule has 0 saturated carbocycles. The van der Waals surface area contributed by atoms with Crippen molar-refractivity contribution in [3.8, 4) is 5.75 Å². The second kappa shape index (κ2) is 10.2. The highest BCUT2D eigenvalue weighted by atomic mass is 32.2. The summed E-state index contributed by atoms with van der Waals surface area (Å²) in [7, 11) is -1.35. The van der Waals surface area contributed by atoms with E-state index in [0.717, 1.165) is 0 Å². The zero-order valence-electron chi connectivity index (χ0n) is 15.3. The first-order valence-electron chi connectivity index (χ1n) is 8.31. The van der Waals surface area contributed by atoms with Crippen molar-refractivity contribution in [3.05, 3.63) is 30.1 Å². The van der Waals surface area contributed by atoms with Gasteiger partial charge in [-0.15, -0.1) is 0 Å². The average Bonchev–Trinajstić information content (AvgIpc) is 2.56. The van der Waals surface area contributed by atoms with E-state index in [4.69, 9.17) is 4.74 Å². The van der Waals surface area contributed by atoms with Crippen LogP contribution in [0.1, 0.15) is 26.7 Å². The molecule has 2 unspecified atom stereocenters. The highest BCUT2D eigenvalue weighted by Gasteiger charge is 2.13. The smallest absolute Gasteiger partial charge is 0.191 e. The molecule has 0 aliphatic rings. The maximum Gasteiger partial charge on any atom is 0.191 e. The van der Waals surface area contributed by atoms with Crippen LogP contribution < -0.4 is 15.4 Å². The van der Waals surface area contributed by atoms with Gasteiger partial charge in [0.15, 0.2) is 17.5 Å². The van der Waals surface area contributed by atoms with Crippen LogP contribution in [0.5, 0.6) is 5.75 Å².